The smallest absolute Gasteiger partial charge is 0.295 e. The Balaban J connectivity index is 1.76. The highest BCUT2D eigenvalue weighted by Crippen LogP contribution is 2.27. The number of nitrogens with zero attached hydrogens (tertiary/aromatic N) is 1. The Hall–Kier alpha value is -2.02. The molecule has 1 unspecified atom stereocenters. The summed E-state index contributed by atoms with van der Waals surface area (Å²) in [7, 11) is -4.85. The first-order valence-corrected chi connectivity index (χ1v) is 9.02. The van der Waals surface area contributed by atoms with Crippen molar-refractivity contribution >= 4 is 10.1 Å². The molecule has 1 aliphatic heterocycles. The minimum atomic E-state index is -4.85. The molecule has 1 fully saturated rings. The fourth-order valence-electron chi connectivity index (χ4n) is 2.46. The lowest BCUT2D eigenvalue weighted by atomic mass is 10.1. The third-order valence-electron chi connectivity index (χ3n) is 3.80. The third-order valence-corrected chi connectivity index (χ3v) is 4.78. The molecule has 142 valence electrons. The van der Waals surface area contributed by atoms with Gasteiger partial charge in [-0.25, -0.2) is 4.98 Å². The average Bonchev–Trinajstić information content (AvgIpc) is 3.01. The molecule has 3 rings (SSSR count). The number of furan rings is 1. The summed E-state index contributed by atoms with van der Waals surface area (Å²) in [5.41, 5.74) is -1.65. The highest BCUT2D eigenvalue weighted by Gasteiger charge is 2.50. The number of aryl methyl sites for hydroxylation is 1. The van der Waals surface area contributed by atoms with Crippen molar-refractivity contribution in [1.29, 1.82) is 0 Å². The van der Waals surface area contributed by atoms with Gasteiger partial charge in [0.1, 0.15) is 35.5 Å². The number of hydrogen-bond donors (Lipinski definition) is 4. The van der Waals surface area contributed by atoms with Crippen LogP contribution in [0.5, 0.6) is 5.75 Å². The van der Waals surface area contributed by atoms with Gasteiger partial charge in [-0.2, -0.15) is 8.42 Å². The van der Waals surface area contributed by atoms with Gasteiger partial charge < -0.3 is 29.2 Å². The predicted octanol–water partition coefficient (Wildman–Crippen LogP) is -0.318. The second-order valence-electron chi connectivity index (χ2n) is 5.77. The van der Waals surface area contributed by atoms with E-state index in [0.717, 1.165) is 0 Å². The number of ether oxygens (including phenoxy) is 2. The average molecular weight is 387 g/mol. The van der Waals surface area contributed by atoms with E-state index in [-0.39, 0.29) is 5.75 Å². The molecule has 0 aromatic carbocycles. The van der Waals surface area contributed by atoms with Gasteiger partial charge in [0.15, 0.2) is 5.76 Å². The number of aliphatic hydroxyl groups is 3. The Morgan fingerprint density at radius 1 is 1.08 bits per heavy atom. The summed E-state index contributed by atoms with van der Waals surface area (Å²) in [6, 6.07) is 6.54. The van der Waals surface area contributed by atoms with Crippen LogP contribution in [0.1, 0.15) is 5.76 Å². The van der Waals surface area contributed by atoms with Crippen molar-refractivity contribution in [2.45, 2.75) is 37.0 Å². The first kappa shape index (κ1) is 18.8. The Kier molecular flexibility index (Phi) is 5.01. The maximum absolute atomic E-state index is 11.2. The van der Waals surface area contributed by atoms with Gasteiger partial charge in [0, 0.05) is 0 Å². The van der Waals surface area contributed by atoms with Crippen LogP contribution in [-0.2, 0) is 14.9 Å². The monoisotopic (exact) mass is 387 g/mol. The summed E-state index contributed by atoms with van der Waals surface area (Å²) in [4.78, 5) is 4.12. The first-order valence-electron chi connectivity index (χ1n) is 7.52. The summed E-state index contributed by atoms with van der Waals surface area (Å²) in [6.07, 6.45) is -6.07. The van der Waals surface area contributed by atoms with Crippen LogP contribution >= 0.6 is 0 Å². The van der Waals surface area contributed by atoms with Crippen LogP contribution in [0, 0.1) is 6.92 Å². The Morgan fingerprint density at radius 2 is 1.81 bits per heavy atom. The highest BCUT2D eigenvalue weighted by molar-refractivity contribution is 7.86. The summed E-state index contributed by atoms with van der Waals surface area (Å²) >= 11 is 0. The SMILES string of the molecule is Cc1ccc(-c2ccc(O[C@@H]3OC(S(=O)(=O)O)[C@@H](O)[C@H](O)[C@H]3O)cn2)o1. The quantitative estimate of drug-likeness (QED) is 0.512. The topological polar surface area (TPSA) is 160 Å². The van der Waals surface area contributed by atoms with Crippen LogP contribution in [0.4, 0.5) is 0 Å². The van der Waals surface area contributed by atoms with Crippen molar-refractivity contribution in [3.05, 3.63) is 36.2 Å². The van der Waals surface area contributed by atoms with Crippen molar-refractivity contribution in [2.75, 3.05) is 0 Å². The van der Waals surface area contributed by atoms with E-state index < -0.39 is 40.2 Å². The largest absolute Gasteiger partial charge is 0.460 e. The van der Waals surface area contributed by atoms with Crippen molar-refractivity contribution in [3.8, 4) is 17.2 Å². The molecule has 0 amide bonds. The summed E-state index contributed by atoms with van der Waals surface area (Å²) in [5, 5.41) is 29.3. The van der Waals surface area contributed by atoms with Crippen molar-refractivity contribution in [1.82, 2.24) is 4.98 Å². The minimum absolute atomic E-state index is 0.0961. The van der Waals surface area contributed by atoms with E-state index in [9.17, 15) is 23.7 Å². The van der Waals surface area contributed by atoms with Gasteiger partial charge in [0.05, 0.1) is 6.20 Å². The van der Waals surface area contributed by atoms with E-state index in [2.05, 4.69) is 4.98 Å². The molecule has 0 spiro atoms. The fraction of sp³-hybridized carbons (Fsp3) is 0.400. The van der Waals surface area contributed by atoms with Crippen LogP contribution in [-0.4, -0.2) is 63.3 Å². The molecule has 1 aliphatic rings. The van der Waals surface area contributed by atoms with Gasteiger partial charge in [-0.3, -0.25) is 4.55 Å². The fourth-order valence-corrected chi connectivity index (χ4v) is 3.23. The van der Waals surface area contributed by atoms with Crippen molar-refractivity contribution in [3.63, 3.8) is 0 Å². The lowest BCUT2D eigenvalue weighted by molar-refractivity contribution is -0.254. The Labute approximate surface area is 148 Å². The normalized spacial score (nSPS) is 29.5. The van der Waals surface area contributed by atoms with Gasteiger partial charge in [-0.15, -0.1) is 0 Å². The number of pyridine rings is 1. The van der Waals surface area contributed by atoms with Crippen molar-refractivity contribution < 1.29 is 42.2 Å². The van der Waals surface area contributed by atoms with E-state index in [1.165, 1.54) is 12.3 Å². The van der Waals surface area contributed by atoms with Gasteiger partial charge in [-0.1, -0.05) is 0 Å². The molecule has 0 radical (unpaired) electrons. The number of hydrogen-bond acceptors (Lipinski definition) is 9. The minimum Gasteiger partial charge on any atom is -0.460 e. The highest BCUT2D eigenvalue weighted by atomic mass is 32.2. The van der Waals surface area contributed by atoms with Gasteiger partial charge >= 0.3 is 0 Å². The lowest BCUT2D eigenvalue weighted by Crippen LogP contribution is -2.61. The third kappa shape index (κ3) is 3.72. The van der Waals surface area contributed by atoms with E-state index >= 15 is 0 Å². The van der Waals surface area contributed by atoms with Crippen LogP contribution in [0.25, 0.3) is 11.5 Å². The zero-order valence-corrected chi connectivity index (χ0v) is 14.3. The van der Waals surface area contributed by atoms with Crippen LogP contribution in [0.3, 0.4) is 0 Å². The molecule has 2 aromatic heterocycles. The molecular formula is C15H17NO9S. The Bertz CT molecular complexity index is 863. The summed E-state index contributed by atoms with van der Waals surface area (Å²) < 4.78 is 47.2. The maximum atomic E-state index is 11.2. The number of aromatic nitrogens is 1. The van der Waals surface area contributed by atoms with Gasteiger partial charge in [-0.05, 0) is 31.2 Å². The molecule has 0 saturated carbocycles. The second-order valence-corrected chi connectivity index (χ2v) is 7.26. The maximum Gasteiger partial charge on any atom is 0.295 e. The summed E-state index contributed by atoms with van der Waals surface area (Å²) in [5.74, 6) is 1.34. The predicted molar refractivity (Wildman–Crippen MR) is 85.5 cm³/mol. The molecule has 0 aliphatic carbocycles. The van der Waals surface area contributed by atoms with E-state index in [4.69, 9.17) is 18.4 Å². The first-order chi connectivity index (χ1) is 12.2. The zero-order chi connectivity index (χ0) is 19.1. The molecule has 0 bridgehead atoms. The molecule has 10 nitrogen and oxygen atoms in total. The number of aliphatic hydroxyl groups excluding tert-OH is 3. The Morgan fingerprint density at radius 3 is 2.35 bits per heavy atom. The molecule has 2 aromatic rings. The van der Waals surface area contributed by atoms with E-state index in [0.29, 0.717) is 17.2 Å². The van der Waals surface area contributed by atoms with E-state index in [1.807, 2.05) is 0 Å². The van der Waals surface area contributed by atoms with Gasteiger partial charge in [0.25, 0.3) is 10.1 Å². The van der Waals surface area contributed by atoms with Crippen LogP contribution in [0.2, 0.25) is 0 Å². The molecule has 11 heteroatoms. The molecule has 26 heavy (non-hydrogen) atoms. The lowest BCUT2D eigenvalue weighted by Gasteiger charge is -2.38. The molecule has 5 atom stereocenters. The molecule has 4 N–H and O–H groups in total. The van der Waals surface area contributed by atoms with Gasteiger partial charge in [0.2, 0.25) is 11.7 Å². The summed E-state index contributed by atoms with van der Waals surface area (Å²) in [6.45, 7) is 1.79. The molecule has 1 saturated heterocycles. The second kappa shape index (κ2) is 6.95. The van der Waals surface area contributed by atoms with Crippen LogP contribution in [0.15, 0.2) is 34.9 Å². The van der Waals surface area contributed by atoms with E-state index in [1.54, 1.807) is 25.1 Å². The van der Waals surface area contributed by atoms with Crippen LogP contribution < -0.4 is 4.74 Å². The van der Waals surface area contributed by atoms with Crippen molar-refractivity contribution in [2.24, 2.45) is 0 Å². The molecular weight excluding hydrogens is 370 g/mol. The number of rotatable bonds is 4. The molecule has 3 heterocycles. The standard InChI is InChI=1S/C15H17NO9S/c1-7-2-5-10(23-7)9-4-3-8(6-16-9)24-14-12(18)11(17)13(19)15(25-14)26(20,21)22/h2-6,11-15,17-19H,1H3,(H,20,21,22)/t11-,12-,13+,14-,15?/m1/s1. The zero-order valence-electron chi connectivity index (χ0n) is 13.5.